The molecule has 0 spiro atoms. The molecule has 0 amide bonds. The van der Waals surface area contributed by atoms with Gasteiger partial charge in [0.25, 0.3) is 6.71 Å². The summed E-state index contributed by atoms with van der Waals surface area (Å²) in [6.07, 6.45) is 12.9. The molecule has 3 heterocycles. The Kier molecular flexibility index (Phi) is 10.6. The van der Waals surface area contributed by atoms with Crippen molar-refractivity contribution in [2.75, 3.05) is 9.80 Å². The minimum Gasteiger partial charge on any atom is -0.468 e. The molecule has 0 radical (unpaired) electrons. The van der Waals surface area contributed by atoms with Gasteiger partial charge in [-0.15, -0.1) is 0 Å². The van der Waals surface area contributed by atoms with Crippen LogP contribution in [0.25, 0.3) is 43.6 Å². The van der Waals surface area contributed by atoms with Gasteiger partial charge in [0.15, 0.2) is 0 Å². The summed E-state index contributed by atoms with van der Waals surface area (Å²) in [5.41, 5.74) is 25.5. The first-order valence-corrected chi connectivity index (χ1v) is 30.2. The third kappa shape index (κ3) is 7.36. The molecule has 1 aromatic heterocycles. The lowest BCUT2D eigenvalue weighted by Crippen LogP contribution is -2.63. The van der Waals surface area contributed by atoms with E-state index in [4.69, 9.17) is 4.42 Å². The molecule has 0 saturated heterocycles. The van der Waals surface area contributed by atoms with E-state index >= 15 is 0 Å². The number of nitrogens with zero attached hydrogens (tertiary/aromatic N) is 2. The second-order valence-electron chi connectivity index (χ2n) is 30.5. The van der Waals surface area contributed by atoms with Crippen LogP contribution in [0.3, 0.4) is 0 Å². The number of allylic oxidation sites excluding steroid dienone is 2. The molecule has 8 aromatic rings. The quantitative estimate of drug-likeness (QED) is 0.130. The summed E-state index contributed by atoms with van der Waals surface area (Å²) in [5.74, 6) is 0. The molecule has 0 fully saturated rings. The van der Waals surface area contributed by atoms with Crippen molar-refractivity contribution in [1.82, 2.24) is 0 Å². The molecule has 0 bridgehead atoms. The molecule has 2 aliphatic heterocycles. The molecule has 0 saturated carbocycles. The highest BCUT2D eigenvalue weighted by molar-refractivity contribution is 7.00. The van der Waals surface area contributed by atoms with Crippen molar-refractivity contribution >= 4 is 84.2 Å². The van der Waals surface area contributed by atoms with Gasteiger partial charge < -0.3 is 14.2 Å². The monoisotopic (exact) mass is 1040 g/mol. The van der Waals surface area contributed by atoms with E-state index < -0.39 is 0 Å². The maximum absolute atomic E-state index is 7.92. The summed E-state index contributed by atoms with van der Waals surface area (Å²) in [4.78, 5) is 5.61. The maximum Gasteiger partial charge on any atom is 0.297 e. The van der Waals surface area contributed by atoms with E-state index in [1.165, 1.54) is 123 Å². The van der Waals surface area contributed by atoms with Crippen molar-refractivity contribution in [2.45, 2.75) is 189 Å². The predicted molar refractivity (Wildman–Crippen MR) is 340 cm³/mol. The Morgan fingerprint density at radius 3 is 1.85 bits per heavy atom. The largest absolute Gasteiger partial charge is 0.468 e. The van der Waals surface area contributed by atoms with Gasteiger partial charge in [-0.1, -0.05) is 183 Å². The van der Waals surface area contributed by atoms with Gasteiger partial charge in [-0.05, 0) is 215 Å². The molecule has 14 rings (SSSR count). The summed E-state index contributed by atoms with van der Waals surface area (Å²) in [5, 5.41) is 6.40. The summed E-state index contributed by atoms with van der Waals surface area (Å²) in [6.45, 7) is 39.3. The number of benzene rings is 7. The molecule has 402 valence electrons. The molecular weight excluding hydrogens is 956 g/mol. The normalized spacial score (nSPS) is 21.6. The van der Waals surface area contributed by atoms with Crippen LogP contribution in [0.2, 0.25) is 0 Å². The van der Waals surface area contributed by atoms with Crippen LogP contribution in [-0.2, 0) is 27.1 Å². The molecule has 6 aliphatic rings. The van der Waals surface area contributed by atoms with Gasteiger partial charge in [-0.2, -0.15) is 0 Å². The van der Waals surface area contributed by atoms with Crippen LogP contribution in [0.1, 0.15) is 182 Å². The SMILES string of the molecule is Cc1cc2c3c(c1)N(C1CC=CC4=C1C(C)(C)CCC4(C)C)c1c(oc4cc5c(cc14)C(C)(C)CCC5(C)C)B3c1cc3c(cc1N2c1ccc(C(C)(C)C)cc1-c1cccc2c1ccc1ccccc12)C(C)(C)CCC3(C)C. The number of aryl methyl sites for hydroxylation is 1. The van der Waals surface area contributed by atoms with Gasteiger partial charge in [0, 0.05) is 28.0 Å². The summed E-state index contributed by atoms with van der Waals surface area (Å²) >= 11 is 0. The van der Waals surface area contributed by atoms with E-state index in [1.807, 2.05) is 0 Å². The molecule has 7 aromatic carbocycles. The second kappa shape index (κ2) is 16.4. The fraction of sp³-hybridized carbons (Fsp3) is 0.413. The Morgan fingerprint density at radius 1 is 0.519 bits per heavy atom. The van der Waals surface area contributed by atoms with Crippen LogP contribution in [0.4, 0.5) is 28.4 Å². The number of anilines is 5. The Labute approximate surface area is 472 Å². The van der Waals surface area contributed by atoms with E-state index in [2.05, 4.69) is 242 Å². The zero-order valence-electron chi connectivity index (χ0n) is 50.5. The first-order chi connectivity index (χ1) is 37.2. The van der Waals surface area contributed by atoms with Crippen LogP contribution in [-0.4, -0.2) is 12.8 Å². The molecule has 0 N–H and O–H groups in total. The Hall–Kier alpha value is -6.26. The average Bonchev–Trinajstić information content (AvgIpc) is 2.68. The lowest BCUT2D eigenvalue weighted by molar-refractivity contribution is 0.252. The minimum absolute atomic E-state index is 0.00333. The van der Waals surface area contributed by atoms with Crippen molar-refractivity contribution in [3.63, 3.8) is 0 Å². The number of hydrogen-bond donors (Lipinski definition) is 0. The summed E-state index contributed by atoms with van der Waals surface area (Å²) in [6, 6.07) is 43.8. The van der Waals surface area contributed by atoms with Gasteiger partial charge >= 0.3 is 0 Å². The van der Waals surface area contributed by atoms with E-state index in [0.29, 0.717) is 0 Å². The topological polar surface area (TPSA) is 19.6 Å². The van der Waals surface area contributed by atoms with Crippen molar-refractivity contribution in [3.8, 4) is 11.1 Å². The van der Waals surface area contributed by atoms with Gasteiger partial charge in [-0.25, -0.2) is 0 Å². The zero-order chi connectivity index (χ0) is 55.5. The Morgan fingerprint density at radius 2 is 1.14 bits per heavy atom. The molecule has 3 nitrogen and oxygen atoms in total. The number of hydrogen-bond acceptors (Lipinski definition) is 3. The third-order valence-corrected chi connectivity index (χ3v) is 21.4. The third-order valence-electron chi connectivity index (χ3n) is 21.4. The van der Waals surface area contributed by atoms with E-state index in [0.717, 1.165) is 49.8 Å². The number of rotatable bonds is 3. The highest BCUT2D eigenvalue weighted by Crippen LogP contribution is 2.58. The average molecular weight is 1040 g/mol. The molecule has 1 atom stereocenters. The van der Waals surface area contributed by atoms with Gasteiger partial charge in [0.2, 0.25) is 0 Å². The highest BCUT2D eigenvalue weighted by atomic mass is 16.3. The highest BCUT2D eigenvalue weighted by Gasteiger charge is 2.53. The molecule has 79 heavy (non-hydrogen) atoms. The van der Waals surface area contributed by atoms with Crippen LogP contribution in [0, 0.1) is 17.8 Å². The smallest absolute Gasteiger partial charge is 0.297 e. The fourth-order valence-electron chi connectivity index (χ4n) is 16.3. The van der Waals surface area contributed by atoms with Crippen molar-refractivity contribution in [3.05, 3.63) is 166 Å². The molecule has 1 unspecified atom stereocenters. The lowest BCUT2D eigenvalue weighted by atomic mass is 9.35. The van der Waals surface area contributed by atoms with E-state index in [-0.39, 0.29) is 50.7 Å². The van der Waals surface area contributed by atoms with Crippen molar-refractivity contribution < 1.29 is 4.42 Å². The first-order valence-electron chi connectivity index (χ1n) is 30.2. The number of fused-ring (bicyclic) bond motifs is 11. The molecule has 4 heteroatoms. The zero-order valence-corrected chi connectivity index (χ0v) is 50.5. The van der Waals surface area contributed by atoms with Gasteiger partial charge in [0.05, 0.1) is 23.1 Å². The Bertz CT molecular complexity index is 4020. The first kappa shape index (κ1) is 50.9. The second-order valence-corrected chi connectivity index (χ2v) is 30.5. The van der Waals surface area contributed by atoms with Crippen LogP contribution >= 0.6 is 0 Å². The van der Waals surface area contributed by atoms with Gasteiger partial charge in [-0.3, -0.25) is 0 Å². The van der Waals surface area contributed by atoms with Crippen LogP contribution in [0.5, 0.6) is 0 Å². The summed E-state index contributed by atoms with van der Waals surface area (Å²) in [7, 11) is 0. The maximum atomic E-state index is 7.92. The summed E-state index contributed by atoms with van der Waals surface area (Å²) < 4.78 is 7.92. The van der Waals surface area contributed by atoms with Crippen molar-refractivity contribution in [1.29, 1.82) is 0 Å². The number of furan rings is 1. The Balaban J connectivity index is 1.13. The van der Waals surface area contributed by atoms with Gasteiger partial charge in [0.1, 0.15) is 5.58 Å². The fourth-order valence-corrected chi connectivity index (χ4v) is 16.3. The van der Waals surface area contributed by atoms with E-state index in [9.17, 15) is 0 Å². The molecular formula is C75H83BN2O. The lowest BCUT2D eigenvalue weighted by Gasteiger charge is -2.52. The minimum atomic E-state index is -0.135. The molecule has 4 aliphatic carbocycles. The van der Waals surface area contributed by atoms with E-state index in [1.54, 1.807) is 5.57 Å². The van der Waals surface area contributed by atoms with Crippen molar-refractivity contribution in [2.24, 2.45) is 10.8 Å². The predicted octanol–water partition coefficient (Wildman–Crippen LogP) is 18.9. The standard InChI is InChI=1S/C75H83BN2O/c1-44-37-62-66-63(38-44)78(60-26-20-25-53-65(60)75(15,16)36-35-70(53,5)6)67-52-40-54-57(74(13,14)34-31-71(54,7)8)43-64(52)79-68(67)76(66)58-41-55-56(73(11,12)33-32-72(55,9)10)42-61(58)77(62)59-30-28-46(69(2,3)4)39-51(59)49-24-19-23-48-47-22-18-17-21-45(47)27-29-50(48)49/h17-25,27-30,37-43,60H,26,31-36H2,1-16H3. The van der Waals surface area contributed by atoms with Crippen LogP contribution < -0.4 is 26.4 Å². The van der Waals surface area contributed by atoms with Crippen LogP contribution in [0.15, 0.2) is 137 Å².